The van der Waals surface area contributed by atoms with Crippen LogP contribution >= 0.6 is 0 Å². The van der Waals surface area contributed by atoms with E-state index in [1.165, 1.54) is 0 Å². The summed E-state index contributed by atoms with van der Waals surface area (Å²) >= 11 is 0. The molecule has 1 unspecified atom stereocenters. The first kappa shape index (κ1) is 13.6. The number of pyridine rings is 1. The van der Waals surface area contributed by atoms with Gasteiger partial charge in [0, 0.05) is 18.8 Å². The number of nitrogen functional groups attached to an aromatic ring is 1. The normalized spacial score (nSPS) is 13.1. The summed E-state index contributed by atoms with van der Waals surface area (Å²) in [5.41, 5.74) is 7.12. The van der Waals surface area contributed by atoms with Crippen LogP contribution in [0, 0.1) is 11.3 Å². The Balaban J connectivity index is 2.74. The molecular weight excluding hydrogens is 212 g/mol. The minimum atomic E-state index is 0.0198. The molecule has 1 aromatic rings. The van der Waals surface area contributed by atoms with Crippen LogP contribution in [0.25, 0.3) is 0 Å². The standard InChI is InChI=1S/C13H22N4/c1-9(2)10(3)17(4)8-11-5-6-16-12(7-11)13(14)15/h5-7,9-10H,8H2,1-4H3,(H3,14,15). The van der Waals surface area contributed by atoms with Gasteiger partial charge in [-0.15, -0.1) is 0 Å². The van der Waals surface area contributed by atoms with Crippen LogP contribution in [0.1, 0.15) is 32.0 Å². The third-order valence-corrected chi connectivity index (χ3v) is 3.19. The Morgan fingerprint density at radius 3 is 2.65 bits per heavy atom. The van der Waals surface area contributed by atoms with E-state index in [4.69, 9.17) is 11.1 Å². The van der Waals surface area contributed by atoms with E-state index in [0.717, 1.165) is 12.1 Å². The quantitative estimate of drug-likeness (QED) is 0.603. The molecule has 0 bridgehead atoms. The lowest BCUT2D eigenvalue weighted by atomic mass is 10.0. The molecule has 1 aromatic heterocycles. The molecule has 0 saturated carbocycles. The second-order valence-corrected chi connectivity index (χ2v) is 4.86. The van der Waals surface area contributed by atoms with E-state index in [0.29, 0.717) is 17.7 Å². The zero-order valence-electron chi connectivity index (χ0n) is 11.1. The van der Waals surface area contributed by atoms with Crippen LogP contribution in [0.3, 0.4) is 0 Å². The fraction of sp³-hybridized carbons (Fsp3) is 0.538. The minimum absolute atomic E-state index is 0.0198. The van der Waals surface area contributed by atoms with Crippen molar-refractivity contribution in [3.05, 3.63) is 29.6 Å². The summed E-state index contributed by atoms with van der Waals surface area (Å²) in [6.07, 6.45) is 1.71. The van der Waals surface area contributed by atoms with Gasteiger partial charge in [-0.25, -0.2) is 0 Å². The van der Waals surface area contributed by atoms with Crippen molar-refractivity contribution in [2.24, 2.45) is 11.7 Å². The van der Waals surface area contributed by atoms with Crippen LogP contribution < -0.4 is 5.73 Å². The van der Waals surface area contributed by atoms with Crippen LogP contribution in [0.4, 0.5) is 0 Å². The molecule has 1 rings (SSSR count). The predicted molar refractivity (Wildman–Crippen MR) is 71.0 cm³/mol. The summed E-state index contributed by atoms with van der Waals surface area (Å²) in [4.78, 5) is 6.35. The minimum Gasteiger partial charge on any atom is -0.382 e. The van der Waals surface area contributed by atoms with E-state index < -0.39 is 0 Å². The van der Waals surface area contributed by atoms with E-state index in [2.05, 4.69) is 37.7 Å². The lowest BCUT2D eigenvalue weighted by Crippen LogP contribution is -2.32. The number of rotatable bonds is 5. The van der Waals surface area contributed by atoms with Gasteiger partial charge in [0.25, 0.3) is 0 Å². The molecule has 0 aliphatic rings. The van der Waals surface area contributed by atoms with E-state index in [-0.39, 0.29) is 5.84 Å². The van der Waals surface area contributed by atoms with Gasteiger partial charge in [-0.05, 0) is 37.6 Å². The van der Waals surface area contributed by atoms with Gasteiger partial charge in [-0.2, -0.15) is 0 Å². The zero-order chi connectivity index (χ0) is 13.0. The molecule has 94 valence electrons. The average Bonchev–Trinajstić information content (AvgIpc) is 2.28. The van der Waals surface area contributed by atoms with Crippen LogP contribution in [0.5, 0.6) is 0 Å². The van der Waals surface area contributed by atoms with Crippen molar-refractivity contribution in [1.29, 1.82) is 5.41 Å². The van der Waals surface area contributed by atoms with E-state index in [1.807, 2.05) is 12.1 Å². The summed E-state index contributed by atoms with van der Waals surface area (Å²) in [5.74, 6) is 0.639. The van der Waals surface area contributed by atoms with Gasteiger partial charge in [0.15, 0.2) is 0 Å². The summed E-state index contributed by atoms with van der Waals surface area (Å²) in [5, 5.41) is 7.37. The lowest BCUT2D eigenvalue weighted by Gasteiger charge is -2.27. The molecule has 3 N–H and O–H groups in total. The highest BCUT2D eigenvalue weighted by atomic mass is 15.1. The molecular formula is C13H22N4. The SMILES string of the molecule is CC(C)C(C)N(C)Cc1ccnc(C(=N)N)c1. The fourth-order valence-electron chi connectivity index (χ4n) is 1.66. The molecule has 1 atom stereocenters. The summed E-state index contributed by atoms with van der Waals surface area (Å²) in [6, 6.07) is 4.37. The number of amidine groups is 1. The highest BCUT2D eigenvalue weighted by Gasteiger charge is 2.13. The summed E-state index contributed by atoms with van der Waals surface area (Å²) in [7, 11) is 2.11. The molecule has 0 amide bonds. The number of hydrogen-bond acceptors (Lipinski definition) is 3. The Bertz CT molecular complexity index is 387. The van der Waals surface area contributed by atoms with Crippen molar-refractivity contribution in [2.45, 2.75) is 33.4 Å². The van der Waals surface area contributed by atoms with Gasteiger partial charge >= 0.3 is 0 Å². The van der Waals surface area contributed by atoms with E-state index in [1.54, 1.807) is 6.20 Å². The van der Waals surface area contributed by atoms with Gasteiger partial charge in [-0.3, -0.25) is 15.3 Å². The highest BCUT2D eigenvalue weighted by Crippen LogP contribution is 2.12. The molecule has 17 heavy (non-hydrogen) atoms. The second-order valence-electron chi connectivity index (χ2n) is 4.86. The number of nitrogens with one attached hydrogen (secondary N) is 1. The largest absolute Gasteiger partial charge is 0.382 e. The summed E-state index contributed by atoms with van der Waals surface area (Å²) in [6.45, 7) is 7.50. The van der Waals surface area contributed by atoms with Crippen molar-refractivity contribution >= 4 is 5.84 Å². The van der Waals surface area contributed by atoms with Crippen molar-refractivity contribution < 1.29 is 0 Å². The van der Waals surface area contributed by atoms with Crippen LogP contribution in [-0.4, -0.2) is 28.8 Å². The fourth-order valence-corrected chi connectivity index (χ4v) is 1.66. The number of aromatic nitrogens is 1. The van der Waals surface area contributed by atoms with E-state index >= 15 is 0 Å². The van der Waals surface area contributed by atoms with Crippen LogP contribution in [-0.2, 0) is 6.54 Å². The monoisotopic (exact) mass is 234 g/mol. The van der Waals surface area contributed by atoms with Gasteiger partial charge in [0.2, 0.25) is 0 Å². The smallest absolute Gasteiger partial charge is 0.141 e. The third kappa shape index (κ3) is 3.82. The van der Waals surface area contributed by atoms with Gasteiger partial charge in [-0.1, -0.05) is 13.8 Å². The second kappa shape index (κ2) is 5.77. The van der Waals surface area contributed by atoms with Crippen LogP contribution in [0.2, 0.25) is 0 Å². The maximum absolute atomic E-state index is 7.37. The first-order valence-electron chi connectivity index (χ1n) is 5.91. The number of hydrogen-bond donors (Lipinski definition) is 2. The molecule has 0 fully saturated rings. The maximum atomic E-state index is 7.37. The molecule has 0 radical (unpaired) electrons. The Morgan fingerprint density at radius 2 is 2.12 bits per heavy atom. The molecule has 4 nitrogen and oxygen atoms in total. The Morgan fingerprint density at radius 1 is 1.47 bits per heavy atom. The van der Waals surface area contributed by atoms with Crippen LogP contribution in [0.15, 0.2) is 18.3 Å². The topological polar surface area (TPSA) is 66.0 Å². The molecule has 0 aliphatic heterocycles. The maximum Gasteiger partial charge on any atom is 0.141 e. The predicted octanol–water partition coefficient (Wildman–Crippen LogP) is 1.84. The Hall–Kier alpha value is -1.42. The molecule has 0 saturated heterocycles. The molecule has 0 spiro atoms. The Labute approximate surface area is 103 Å². The number of nitrogens with two attached hydrogens (primary N) is 1. The van der Waals surface area contributed by atoms with Crippen molar-refractivity contribution in [2.75, 3.05) is 7.05 Å². The molecule has 4 heteroatoms. The Kier molecular flexibility index (Phi) is 4.63. The molecule has 0 aromatic carbocycles. The van der Waals surface area contributed by atoms with Crippen molar-refractivity contribution in [3.8, 4) is 0 Å². The lowest BCUT2D eigenvalue weighted by molar-refractivity contribution is 0.200. The molecule has 1 heterocycles. The van der Waals surface area contributed by atoms with Crippen molar-refractivity contribution in [3.63, 3.8) is 0 Å². The average molecular weight is 234 g/mol. The zero-order valence-corrected chi connectivity index (χ0v) is 11.1. The van der Waals surface area contributed by atoms with Crippen molar-refractivity contribution in [1.82, 2.24) is 9.88 Å². The van der Waals surface area contributed by atoms with Gasteiger partial charge < -0.3 is 5.73 Å². The third-order valence-electron chi connectivity index (χ3n) is 3.19. The summed E-state index contributed by atoms with van der Waals surface area (Å²) < 4.78 is 0. The van der Waals surface area contributed by atoms with Gasteiger partial charge in [0.1, 0.15) is 11.5 Å². The van der Waals surface area contributed by atoms with E-state index in [9.17, 15) is 0 Å². The van der Waals surface area contributed by atoms with Gasteiger partial charge in [0.05, 0.1) is 0 Å². The first-order valence-corrected chi connectivity index (χ1v) is 5.91. The highest BCUT2D eigenvalue weighted by molar-refractivity contribution is 5.93. The number of nitrogens with zero attached hydrogens (tertiary/aromatic N) is 2. The molecule has 0 aliphatic carbocycles. The first-order chi connectivity index (χ1) is 7.91.